The lowest BCUT2D eigenvalue weighted by Gasteiger charge is -2.19. The van der Waals surface area contributed by atoms with E-state index in [1.54, 1.807) is 18.3 Å². The predicted octanol–water partition coefficient (Wildman–Crippen LogP) is 5.53. The molecule has 1 aliphatic heterocycles. The average Bonchev–Trinajstić information content (AvgIpc) is 3.29. The third kappa shape index (κ3) is 4.98. The summed E-state index contributed by atoms with van der Waals surface area (Å²) < 4.78 is 38.9. The molecule has 3 aromatic rings. The fourth-order valence-corrected chi connectivity index (χ4v) is 4.11. The summed E-state index contributed by atoms with van der Waals surface area (Å²) in [5, 5.41) is 11.7. The molecular formula is C25H21F3N4O. The van der Waals surface area contributed by atoms with Gasteiger partial charge < -0.3 is 10.2 Å². The first-order chi connectivity index (χ1) is 15.7. The Morgan fingerprint density at radius 1 is 1.18 bits per heavy atom. The summed E-state index contributed by atoms with van der Waals surface area (Å²) in [6.45, 7) is 3.49. The minimum atomic E-state index is -4.48. The number of aryl methyl sites for hydroxylation is 1. The van der Waals surface area contributed by atoms with Crippen molar-refractivity contribution in [3.8, 4) is 6.07 Å². The van der Waals surface area contributed by atoms with Crippen LogP contribution >= 0.6 is 0 Å². The van der Waals surface area contributed by atoms with E-state index in [1.807, 2.05) is 19.1 Å². The second kappa shape index (κ2) is 8.94. The molecule has 8 heteroatoms. The van der Waals surface area contributed by atoms with Gasteiger partial charge in [-0.2, -0.15) is 18.4 Å². The molecule has 2 aromatic carbocycles. The van der Waals surface area contributed by atoms with Crippen LogP contribution in [0.25, 0.3) is 0 Å². The number of benzene rings is 2. The number of carbonyl (C=O) groups excluding carboxylic acids is 1. The molecule has 1 saturated heterocycles. The monoisotopic (exact) mass is 450 g/mol. The molecule has 33 heavy (non-hydrogen) atoms. The van der Waals surface area contributed by atoms with Crippen molar-refractivity contribution < 1.29 is 18.0 Å². The first-order valence-corrected chi connectivity index (χ1v) is 10.4. The van der Waals surface area contributed by atoms with E-state index in [4.69, 9.17) is 5.26 Å². The summed E-state index contributed by atoms with van der Waals surface area (Å²) >= 11 is 0. The fourth-order valence-electron chi connectivity index (χ4n) is 4.11. The van der Waals surface area contributed by atoms with Gasteiger partial charge in [0.1, 0.15) is 6.07 Å². The van der Waals surface area contributed by atoms with Crippen LogP contribution in [0.5, 0.6) is 0 Å². The van der Waals surface area contributed by atoms with Gasteiger partial charge in [0.2, 0.25) is 0 Å². The zero-order valence-electron chi connectivity index (χ0n) is 17.9. The number of nitrogens with zero attached hydrogens (tertiary/aromatic N) is 3. The number of nitriles is 1. The van der Waals surface area contributed by atoms with Crippen molar-refractivity contribution in [3.63, 3.8) is 0 Å². The summed E-state index contributed by atoms with van der Waals surface area (Å²) in [4.78, 5) is 19.1. The van der Waals surface area contributed by atoms with Gasteiger partial charge in [0, 0.05) is 36.5 Å². The number of pyridine rings is 1. The Morgan fingerprint density at radius 2 is 2.00 bits per heavy atom. The van der Waals surface area contributed by atoms with Crippen LogP contribution in [0.1, 0.15) is 45.0 Å². The second-order valence-electron chi connectivity index (χ2n) is 8.08. The molecule has 1 amide bonds. The molecule has 2 heterocycles. The molecule has 4 rings (SSSR count). The highest BCUT2D eigenvalue weighted by molar-refractivity contribution is 6.04. The van der Waals surface area contributed by atoms with Crippen molar-refractivity contribution in [1.82, 2.24) is 4.98 Å². The molecule has 0 saturated carbocycles. The maximum atomic E-state index is 13.0. The first-order valence-electron chi connectivity index (χ1n) is 10.4. The number of hydrogen-bond acceptors (Lipinski definition) is 4. The lowest BCUT2D eigenvalue weighted by molar-refractivity contribution is -0.137. The number of rotatable bonds is 4. The van der Waals surface area contributed by atoms with Gasteiger partial charge in [0.15, 0.2) is 0 Å². The number of halogens is 3. The number of carbonyl (C=O) groups is 1. The Balaban J connectivity index is 1.51. The smallest absolute Gasteiger partial charge is 0.370 e. The van der Waals surface area contributed by atoms with Crippen LogP contribution in [0.3, 0.4) is 0 Å². The van der Waals surface area contributed by atoms with Gasteiger partial charge in [0.25, 0.3) is 5.91 Å². The largest absolute Gasteiger partial charge is 0.416 e. The molecule has 0 unspecified atom stereocenters. The van der Waals surface area contributed by atoms with Gasteiger partial charge in [-0.3, -0.25) is 9.78 Å². The molecule has 1 N–H and O–H groups in total. The van der Waals surface area contributed by atoms with E-state index in [2.05, 4.69) is 21.3 Å². The van der Waals surface area contributed by atoms with Crippen LogP contribution in [0.15, 0.2) is 60.9 Å². The molecule has 5 nitrogen and oxygen atoms in total. The highest BCUT2D eigenvalue weighted by atomic mass is 19.4. The van der Waals surface area contributed by atoms with Crippen molar-refractivity contribution in [1.29, 1.82) is 5.26 Å². The number of aromatic nitrogens is 1. The van der Waals surface area contributed by atoms with Crippen molar-refractivity contribution in [3.05, 3.63) is 88.7 Å². The third-order valence-electron chi connectivity index (χ3n) is 5.84. The second-order valence-corrected chi connectivity index (χ2v) is 8.08. The Kier molecular flexibility index (Phi) is 6.05. The SMILES string of the molecule is Cc1ccc(C(=O)Nc2cccc(C(F)(F)F)c2)cc1[C@H]1CCN(c2cncc(C#N)c2)C1. The Bertz CT molecular complexity index is 1230. The van der Waals surface area contributed by atoms with Gasteiger partial charge in [-0.15, -0.1) is 0 Å². The van der Waals surface area contributed by atoms with E-state index in [0.717, 1.165) is 48.5 Å². The van der Waals surface area contributed by atoms with E-state index in [-0.39, 0.29) is 11.6 Å². The average molecular weight is 450 g/mol. The molecule has 0 aliphatic carbocycles. The van der Waals surface area contributed by atoms with Crippen LogP contribution in [0.4, 0.5) is 24.5 Å². The molecule has 1 aliphatic rings. The van der Waals surface area contributed by atoms with Gasteiger partial charge >= 0.3 is 6.18 Å². The van der Waals surface area contributed by atoms with Crippen molar-refractivity contribution >= 4 is 17.3 Å². The first kappa shape index (κ1) is 22.3. The third-order valence-corrected chi connectivity index (χ3v) is 5.84. The maximum Gasteiger partial charge on any atom is 0.416 e. The van der Waals surface area contributed by atoms with E-state index in [1.165, 1.54) is 18.3 Å². The van der Waals surface area contributed by atoms with Crippen LogP contribution in [0, 0.1) is 18.3 Å². The molecule has 1 fully saturated rings. The lowest BCUT2D eigenvalue weighted by Crippen LogP contribution is -2.20. The zero-order valence-corrected chi connectivity index (χ0v) is 17.9. The molecular weight excluding hydrogens is 429 g/mol. The van der Waals surface area contributed by atoms with Crippen LogP contribution < -0.4 is 10.2 Å². The number of alkyl halides is 3. The Labute approximate surface area is 189 Å². The highest BCUT2D eigenvalue weighted by Gasteiger charge is 2.30. The summed E-state index contributed by atoms with van der Waals surface area (Å²) in [7, 11) is 0. The van der Waals surface area contributed by atoms with Crippen molar-refractivity contribution in [2.45, 2.75) is 25.4 Å². The quantitative estimate of drug-likeness (QED) is 0.568. The molecule has 1 aromatic heterocycles. The number of hydrogen-bond donors (Lipinski definition) is 1. The van der Waals surface area contributed by atoms with Gasteiger partial charge in [-0.1, -0.05) is 12.1 Å². The fraction of sp³-hybridized carbons (Fsp3) is 0.240. The standard InChI is InChI=1S/C25H21F3N4O/c1-16-5-6-18(24(33)31-21-4-2-3-20(11-21)25(26,27)28)10-23(16)19-7-8-32(15-19)22-9-17(12-29)13-30-14-22/h2-6,9-11,13-14,19H,7-8,15H2,1H3,(H,31,33)/t19-/m0/s1. The summed E-state index contributed by atoms with van der Waals surface area (Å²) in [5.41, 5.74) is 3.12. The van der Waals surface area contributed by atoms with E-state index < -0.39 is 17.6 Å². The molecule has 0 bridgehead atoms. The summed E-state index contributed by atoms with van der Waals surface area (Å²) in [6, 6.07) is 13.8. The van der Waals surface area contributed by atoms with E-state index >= 15 is 0 Å². The number of anilines is 2. The zero-order chi connectivity index (χ0) is 23.6. The van der Waals surface area contributed by atoms with Crippen LogP contribution in [-0.4, -0.2) is 24.0 Å². The normalized spacial score (nSPS) is 15.8. The minimum Gasteiger partial charge on any atom is -0.370 e. The van der Waals surface area contributed by atoms with E-state index in [9.17, 15) is 18.0 Å². The molecule has 168 valence electrons. The minimum absolute atomic E-state index is 0.0915. The topological polar surface area (TPSA) is 69.0 Å². The van der Waals surface area contributed by atoms with Gasteiger partial charge in [0.05, 0.1) is 23.0 Å². The van der Waals surface area contributed by atoms with Crippen molar-refractivity contribution in [2.75, 3.05) is 23.3 Å². The molecule has 0 spiro atoms. The number of amides is 1. The highest BCUT2D eigenvalue weighted by Crippen LogP contribution is 2.34. The predicted molar refractivity (Wildman–Crippen MR) is 119 cm³/mol. The maximum absolute atomic E-state index is 13.0. The van der Waals surface area contributed by atoms with E-state index in [0.29, 0.717) is 11.1 Å². The summed E-state index contributed by atoms with van der Waals surface area (Å²) in [6.07, 6.45) is -0.354. The van der Waals surface area contributed by atoms with Crippen molar-refractivity contribution in [2.24, 2.45) is 0 Å². The van der Waals surface area contributed by atoms with Crippen LogP contribution in [-0.2, 0) is 6.18 Å². The number of nitrogens with one attached hydrogen (secondary N) is 1. The summed E-state index contributed by atoms with van der Waals surface area (Å²) in [5.74, 6) is -0.284. The van der Waals surface area contributed by atoms with Gasteiger partial charge in [-0.05, 0) is 60.9 Å². The lowest BCUT2D eigenvalue weighted by atomic mass is 9.92. The van der Waals surface area contributed by atoms with Gasteiger partial charge in [-0.25, -0.2) is 0 Å². The molecule has 0 radical (unpaired) electrons. The Morgan fingerprint density at radius 3 is 2.76 bits per heavy atom. The van der Waals surface area contributed by atoms with Crippen LogP contribution in [0.2, 0.25) is 0 Å². The molecule has 1 atom stereocenters. The Hall–Kier alpha value is -3.86.